The van der Waals surface area contributed by atoms with Crippen molar-refractivity contribution in [2.75, 3.05) is 10.2 Å². The number of anilines is 2. The van der Waals surface area contributed by atoms with E-state index in [0.717, 1.165) is 11.1 Å². The molecule has 174 valence electrons. The summed E-state index contributed by atoms with van der Waals surface area (Å²) in [5.74, 6) is 0.595. The molecule has 0 spiro atoms. The summed E-state index contributed by atoms with van der Waals surface area (Å²) in [7, 11) is 0. The van der Waals surface area contributed by atoms with Crippen LogP contribution in [0.25, 0.3) is 11.0 Å². The number of hydrogen-bond acceptors (Lipinski definition) is 6. The second kappa shape index (κ2) is 8.63. The number of aliphatic hydroxyl groups is 2. The van der Waals surface area contributed by atoms with Crippen LogP contribution in [-0.2, 0) is 13.1 Å². The van der Waals surface area contributed by atoms with Gasteiger partial charge in [0.15, 0.2) is 11.7 Å². The molecule has 1 aliphatic heterocycles. The van der Waals surface area contributed by atoms with Gasteiger partial charge in [-0.05, 0) is 49.6 Å². The van der Waals surface area contributed by atoms with E-state index in [2.05, 4.69) is 22.3 Å². The number of aryl methyl sites for hydroxylation is 1. The zero-order valence-electron chi connectivity index (χ0n) is 19.5. The minimum atomic E-state index is -1.59. The van der Waals surface area contributed by atoms with Gasteiger partial charge in [-0.2, -0.15) is 0 Å². The molecule has 0 radical (unpaired) electrons. The average molecular weight is 457 g/mol. The van der Waals surface area contributed by atoms with Crippen LogP contribution in [0, 0.1) is 13.8 Å². The Bertz CT molecular complexity index is 1420. The van der Waals surface area contributed by atoms with Crippen LogP contribution in [-0.4, -0.2) is 10.2 Å². The second-order valence-corrected chi connectivity index (χ2v) is 9.04. The Hall–Kier alpha value is -3.61. The van der Waals surface area contributed by atoms with E-state index in [9.17, 15) is 15.0 Å². The molecule has 4 aromatic rings. The summed E-state index contributed by atoms with van der Waals surface area (Å²) in [4.78, 5) is 15.5. The normalized spacial score (nSPS) is 14.0. The second-order valence-electron chi connectivity index (χ2n) is 9.04. The fourth-order valence-electron chi connectivity index (χ4n) is 4.82. The summed E-state index contributed by atoms with van der Waals surface area (Å²) >= 11 is 0. The van der Waals surface area contributed by atoms with E-state index in [0.29, 0.717) is 46.8 Å². The quantitative estimate of drug-likeness (QED) is 0.363. The molecule has 1 aromatic heterocycles. The van der Waals surface area contributed by atoms with Gasteiger partial charge in [-0.3, -0.25) is 4.79 Å². The lowest BCUT2D eigenvalue weighted by Gasteiger charge is -2.23. The molecule has 6 nitrogen and oxygen atoms in total. The minimum absolute atomic E-state index is 0.0319. The monoisotopic (exact) mass is 456 g/mol. The van der Waals surface area contributed by atoms with Crippen molar-refractivity contribution in [1.82, 2.24) is 0 Å². The Labute approximate surface area is 198 Å². The molecule has 0 bridgehead atoms. The van der Waals surface area contributed by atoms with Crippen LogP contribution >= 0.6 is 0 Å². The largest absolute Gasteiger partial charge is 0.440 e. The molecule has 0 saturated carbocycles. The van der Waals surface area contributed by atoms with Gasteiger partial charge >= 0.3 is 0 Å². The maximum atomic E-state index is 13.4. The van der Waals surface area contributed by atoms with Gasteiger partial charge in [-0.1, -0.05) is 48.5 Å². The van der Waals surface area contributed by atoms with E-state index in [1.165, 1.54) is 11.1 Å². The lowest BCUT2D eigenvalue weighted by molar-refractivity contribution is -0.0419. The zero-order chi connectivity index (χ0) is 24.0. The third-order valence-corrected chi connectivity index (χ3v) is 6.57. The first kappa shape index (κ1) is 22.2. The molecule has 0 fully saturated rings. The summed E-state index contributed by atoms with van der Waals surface area (Å²) in [5, 5.41) is 23.4. The molecule has 0 aliphatic carbocycles. The van der Waals surface area contributed by atoms with Gasteiger partial charge in [-0.25, -0.2) is 0 Å². The van der Waals surface area contributed by atoms with Gasteiger partial charge in [0.25, 0.3) is 0 Å². The predicted molar refractivity (Wildman–Crippen MR) is 134 cm³/mol. The first-order valence-electron chi connectivity index (χ1n) is 11.4. The van der Waals surface area contributed by atoms with Crippen LogP contribution < -0.4 is 15.6 Å². The van der Waals surface area contributed by atoms with Crippen molar-refractivity contribution >= 4 is 22.5 Å². The fourth-order valence-corrected chi connectivity index (χ4v) is 4.82. The smallest absolute Gasteiger partial charge is 0.203 e. The van der Waals surface area contributed by atoms with Gasteiger partial charge in [0.2, 0.25) is 5.88 Å². The highest BCUT2D eigenvalue weighted by Crippen LogP contribution is 2.35. The molecule has 0 amide bonds. The van der Waals surface area contributed by atoms with E-state index in [1.54, 1.807) is 18.2 Å². The fraction of sp³-hybridized carbons (Fsp3) is 0.250. The topological polar surface area (TPSA) is 85.9 Å². The Morgan fingerprint density at radius 2 is 1.59 bits per heavy atom. The molecule has 2 heterocycles. The SMILES string of the molecule is Cc1cc(C(C)Nc2ccccc2C(O)O)c2oc(N3Cc4ccccc4C3)c(C)c(=O)c2c1. The minimum Gasteiger partial charge on any atom is -0.440 e. The van der Waals surface area contributed by atoms with Crippen LogP contribution in [0.3, 0.4) is 0 Å². The Kier molecular flexibility index (Phi) is 5.63. The summed E-state index contributed by atoms with van der Waals surface area (Å²) in [6, 6.07) is 19.0. The van der Waals surface area contributed by atoms with E-state index in [4.69, 9.17) is 4.42 Å². The molecular formula is C28H28N2O4. The van der Waals surface area contributed by atoms with Gasteiger partial charge in [0.1, 0.15) is 5.58 Å². The molecule has 0 saturated heterocycles. The summed E-state index contributed by atoms with van der Waals surface area (Å²) < 4.78 is 6.50. The lowest BCUT2D eigenvalue weighted by Crippen LogP contribution is -2.20. The summed E-state index contributed by atoms with van der Waals surface area (Å²) in [6.45, 7) is 7.15. The highest BCUT2D eigenvalue weighted by atomic mass is 16.5. The number of benzene rings is 3. The molecule has 3 N–H and O–H groups in total. The number of para-hydroxylation sites is 1. The van der Waals surface area contributed by atoms with E-state index < -0.39 is 6.29 Å². The van der Waals surface area contributed by atoms with Crippen molar-refractivity contribution in [3.8, 4) is 0 Å². The Morgan fingerprint density at radius 3 is 2.26 bits per heavy atom. The summed E-state index contributed by atoms with van der Waals surface area (Å²) in [5.41, 5.74) is 6.40. The van der Waals surface area contributed by atoms with Gasteiger partial charge in [0, 0.05) is 29.9 Å². The van der Waals surface area contributed by atoms with Crippen molar-refractivity contribution in [2.45, 2.75) is 46.2 Å². The molecule has 3 aromatic carbocycles. The first-order chi connectivity index (χ1) is 16.3. The maximum Gasteiger partial charge on any atom is 0.203 e. The molecule has 1 atom stereocenters. The lowest BCUT2D eigenvalue weighted by atomic mass is 10.00. The molecular weight excluding hydrogens is 428 g/mol. The van der Waals surface area contributed by atoms with Crippen LogP contribution in [0.4, 0.5) is 11.6 Å². The number of hydrogen-bond donors (Lipinski definition) is 3. The third-order valence-electron chi connectivity index (χ3n) is 6.57. The number of rotatable bonds is 5. The Balaban J connectivity index is 1.60. The van der Waals surface area contributed by atoms with Crippen molar-refractivity contribution < 1.29 is 14.6 Å². The summed E-state index contributed by atoms with van der Waals surface area (Å²) in [6.07, 6.45) is -1.59. The Morgan fingerprint density at radius 1 is 0.941 bits per heavy atom. The number of fused-ring (bicyclic) bond motifs is 2. The molecule has 1 aliphatic rings. The predicted octanol–water partition coefficient (Wildman–Crippen LogP) is 5.09. The maximum absolute atomic E-state index is 13.4. The number of aliphatic hydroxyl groups excluding tert-OH is 1. The highest BCUT2D eigenvalue weighted by molar-refractivity contribution is 5.84. The van der Waals surface area contributed by atoms with Gasteiger partial charge < -0.3 is 24.8 Å². The van der Waals surface area contributed by atoms with Crippen molar-refractivity contribution in [1.29, 1.82) is 0 Å². The number of nitrogens with zero attached hydrogens (tertiary/aromatic N) is 1. The van der Waals surface area contributed by atoms with E-state index in [-0.39, 0.29) is 11.5 Å². The van der Waals surface area contributed by atoms with Crippen LogP contribution in [0.1, 0.15) is 52.6 Å². The van der Waals surface area contributed by atoms with E-state index in [1.807, 2.05) is 51.1 Å². The average Bonchev–Trinajstić information content (AvgIpc) is 3.25. The van der Waals surface area contributed by atoms with Gasteiger partial charge in [-0.15, -0.1) is 0 Å². The standard InChI is InChI=1S/C28H28N2O4/c1-16-12-22(18(3)29-24-11-7-6-10-21(24)28(32)33)26-23(13-16)25(31)17(2)27(34-26)30-14-19-8-4-5-9-20(19)15-30/h4-13,18,28-29,32-33H,14-15H2,1-3H3. The molecule has 1 unspecified atom stereocenters. The molecule has 6 heteroatoms. The first-order valence-corrected chi connectivity index (χ1v) is 11.4. The molecule has 34 heavy (non-hydrogen) atoms. The van der Waals surface area contributed by atoms with Crippen LogP contribution in [0.5, 0.6) is 0 Å². The van der Waals surface area contributed by atoms with Gasteiger partial charge in [0.05, 0.1) is 17.0 Å². The highest BCUT2D eigenvalue weighted by Gasteiger charge is 2.25. The van der Waals surface area contributed by atoms with E-state index >= 15 is 0 Å². The van der Waals surface area contributed by atoms with Crippen molar-refractivity contribution in [3.05, 3.63) is 104 Å². The van der Waals surface area contributed by atoms with Crippen molar-refractivity contribution in [2.24, 2.45) is 0 Å². The third kappa shape index (κ3) is 3.85. The van der Waals surface area contributed by atoms with Crippen LogP contribution in [0.15, 0.2) is 69.9 Å². The van der Waals surface area contributed by atoms with Crippen molar-refractivity contribution in [3.63, 3.8) is 0 Å². The molecule has 5 rings (SSSR count). The zero-order valence-corrected chi connectivity index (χ0v) is 19.5. The number of nitrogens with one attached hydrogen (secondary N) is 1. The van der Waals surface area contributed by atoms with Crippen LogP contribution in [0.2, 0.25) is 0 Å².